The molecule has 1 fully saturated rings. The van der Waals surface area contributed by atoms with Gasteiger partial charge in [0.25, 0.3) is 0 Å². The van der Waals surface area contributed by atoms with Crippen LogP contribution in [0.15, 0.2) is 0 Å². The Bertz CT molecular complexity index is 202. The SMILES string of the molecule is [2H]C([2H])([2H])C1(C)NCCOC1(C)C. The number of nitrogens with one attached hydrogen (secondary N) is 1. The van der Waals surface area contributed by atoms with Gasteiger partial charge in [0.15, 0.2) is 0 Å². The Morgan fingerprint density at radius 1 is 1.50 bits per heavy atom. The van der Waals surface area contributed by atoms with Gasteiger partial charge in [-0.25, -0.2) is 0 Å². The highest BCUT2D eigenvalue weighted by molar-refractivity contribution is 4.97. The fraction of sp³-hybridized carbons (Fsp3) is 1.00. The molecule has 0 aromatic rings. The quantitative estimate of drug-likeness (QED) is 0.554. The summed E-state index contributed by atoms with van der Waals surface area (Å²) in [5.74, 6) is 0. The molecule has 1 N–H and O–H groups in total. The van der Waals surface area contributed by atoms with Crippen LogP contribution in [0.3, 0.4) is 0 Å². The molecular weight excluding hydrogens is 126 g/mol. The summed E-state index contributed by atoms with van der Waals surface area (Å²) >= 11 is 0. The predicted octanol–water partition coefficient (Wildman–Crippen LogP) is 1.16. The van der Waals surface area contributed by atoms with E-state index >= 15 is 0 Å². The zero-order chi connectivity index (χ0) is 10.3. The zero-order valence-corrected chi connectivity index (χ0v) is 6.82. The minimum Gasteiger partial charge on any atom is -0.372 e. The van der Waals surface area contributed by atoms with Crippen LogP contribution in [-0.4, -0.2) is 24.3 Å². The van der Waals surface area contributed by atoms with Crippen LogP contribution in [0.5, 0.6) is 0 Å². The highest BCUT2D eigenvalue weighted by Crippen LogP contribution is 2.27. The van der Waals surface area contributed by atoms with Crippen molar-refractivity contribution in [2.24, 2.45) is 0 Å². The fourth-order valence-electron chi connectivity index (χ4n) is 0.964. The van der Waals surface area contributed by atoms with Gasteiger partial charge in [0.1, 0.15) is 0 Å². The summed E-state index contributed by atoms with van der Waals surface area (Å²) in [5.41, 5.74) is -1.62. The summed E-state index contributed by atoms with van der Waals surface area (Å²) in [4.78, 5) is 0. The maximum Gasteiger partial charge on any atom is 0.0802 e. The number of rotatable bonds is 0. The highest BCUT2D eigenvalue weighted by Gasteiger charge is 2.39. The van der Waals surface area contributed by atoms with Crippen molar-refractivity contribution in [3.05, 3.63) is 0 Å². The normalized spacial score (nSPS) is 45.3. The lowest BCUT2D eigenvalue weighted by Crippen LogP contribution is -2.62. The van der Waals surface area contributed by atoms with Gasteiger partial charge in [-0.1, -0.05) is 0 Å². The van der Waals surface area contributed by atoms with Crippen molar-refractivity contribution in [1.82, 2.24) is 5.32 Å². The molecule has 1 aliphatic rings. The molecular formula is C8H17NO. The summed E-state index contributed by atoms with van der Waals surface area (Å²) in [6.07, 6.45) is 0. The average Bonchev–Trinajstić information content (AvgIpc) is 1.93. The second-order valence-electron chi connectivity index (χ2n) is 3.41. The Hall–Kier alpha value is -0.0800. The Morgan fingerprint density at radius 2 is 2.20 bits per heavy atom. The molecule has 60 valence electrons. The van der Waals surface area contributed by atoms with Gasteiger partial charge in [0.2, 0.25) is 0 Å². The summed E-state index contributed by atoms with van der Waals surface area (Å²) in [5, 5.41) is 3.04. The van der Waals surface area contributed by atoms with E-state index in [1.807, 2.05) is 13.8 Å². The first-order valence-electron chi connectivity index (χ1n) is 5.10. The lowest BCUT2D eigenvalue weighted by Gasteiger charge is -2.46. The Balaban J connectivity index is 2.98. The molecule has 0 saturated carbocycles. The average molecular weight is 146 g/mol. The third kappa shape index (κ3) is 1.18. The van der Waals surface area contributed by atoms with Gasteiger partial charge in [-0.15, -0.1) is 0 Å². The van der Waals surface area contributed by atoms with E-state index in [9.17, 15) is 0 Å². The molecule has 10 heavy (non-hydrogen) atoms. The third-order valence-electron chi connectivity index (χ3n) is 2.25. The van der Waals surface area contributed by atoms with E-state index in [1.54, 1.807) is 6.92 Å². The zero-order valence-electron chi connectivity index (χ0n) is 9.82. The molecule has 0 spiro atoms. The number of hydrogen-bond donors (Lipinski definition) is 1. The van der Waals surface area contributed by atoms with E-state index < -0.39 is 18.0 Å². The van der Waals surface area contributed by atoms with Gasteiger partial charge < -0.3 is 10.1 Å². The summed E-state index contributed by atoms with van der Waals surface area (Å²) in [6, 6.07) is 0. The van der Waals surface area contributed by atoms with Crippen LogP contribution in [0.2, 0.25) is 0 Å². The van der Waals surface area contributed by atoms with Crippen LogP contribution in [0, 0.1) is 0 Å². The molecule has 1 saturated heterocycles. The number of morpholine rings is 1. The van der Waals surface area contributed by atoms with Crippen molar-refractivity contribution in [2.75, 3.05) is 13.2 Å². The van der Waals surface area contributed by atoms with E-state index in [4.69, 9.17) is 8.85 Å². The molecule has 1 unspecified atom stereocenters. The first-order valence-corrected chi connectivity index (χ1v) is 3.60. The van der Waals surface area contributed by atoms with Crippen molar-refractivity contribution in [2.45, 2.75) is 38.8 Å². The smallest absolute Gasteiger partial charge is 0.0802 e. The van der Waals surface area contributed by atoms with Crippen molar-refractivity contribution >= 4 is 0 Å². The largest absolute Gasteiger partial charge is 0.372 e. The summed E-state index contributed by atoms with van der Waals surface area (Å²) in [6.45, 7) is 4.43. The van der Waals surface area contributed by atoms with Crippen LogP contribution in [-0.2, 0) is 4.74 Å². The van der Waals surface area contributed by atoms with E-state index in [2.05, 4.69) is 5.32 Å². The van der Waals surface area contributed by atoms with Crippen molar-refractivity contribution < 1.29 is 8.85 Å². The van der Waals surface area contributed by atoms with Crippen LogP contribution in [0.4, 0.5) is 0 Å². The molecule has 0 bridgehead atoms. The number of ether oxygens (including phenoxy) is 1. The molecule has 1 aliphatic heterocycles. The summed E-state index contributed by atoms with van der Waals surface area (Å²) < 4.78 is 27.9. The monoisotopic (exact) mass is 146 g/mol. The maximum absolute atomic E-state index is 7.47. The van der Waals surface area contributed by atoms with Crippen LogP contribution < -0.4 is 5.32 Å². The van der Waals surface area contributed by atoms with Gasteiger partial charge in [-0.2, -0.15) is 0 Å². The molecule has 1 heterocycles. The van der Waals surface area contributed by atoms with Gasteiger partial charge in [-0.05, 0) is 27.6 Å². The molecule has 1 rings (SSSR count). The van der Waals surface area contributed by atoms with Crippen molar-refractivity contribution in [1.29, 1.82) is 0 Å². The maximum atomic E-state index is 7.47. The first-order chi connectivity index (χ1) is 5.71. The topological polar surface area (TPSA) is 21.3 Å². The third-order valence-corrected chi connectivity index (χ3v) is 2.25. The van der Waals surface area contributed by atoms with Gasteiger partial charge in [-0.3, -0.25) is 0 Å². The molecule has 0 aliphatic carbocycles. The van der Waals surface area contributed by atoms with E-state index in [1.165, 1.54) is 0 Å². The lowest BCUT2D eigenvalue weighted by atomic mass is 9.84. The van der Waals surface area contributed by atoms with E-state index in [0.717, 1.165) is 0 Å². The fourth-order valence-corrected chi connectivity index (χ4v) is 0.964. The summed E-state index contributed by atoms with van der Waals surface area (Å²) in [7, 11) is 0. The molecule has 2 nitrogen and oxygen atoms in total. The van der Waals surface area contributed by atoms with E-state index in [-0.39, 0.29) is 0 Å². The van der Waals surface area contributed by atoms with Gasteiger partial charge in [0.05, 0.1) is 12.2 Å². The van der Waals surface area contributed by atoms with E-state index in [0.29, 0.717) is 13.2 Å². The first kappa shape index (κ1) is 4.73. The molecule has 0 radical (unpaired) electrons. The second-order valence-corrected chi connectivity index (χ2v) is 3.41. The molecule has 0 aromatic carbocycles. The number of hydrogen-bond acceptors (Lipinski definition) is 2. The van der Waals surface area contributed by atoms with Gasteiger partial charge in [0, 0.05) is 16.2 Å². The minimum atomic E-state index is -2.04. The molecule has 0 amide bonds. The molecule has 2 heteroatoms. The predicted molar refractivity (Wildman–Crippen MR) is 42.1 cm³/mol. The van der Waals surface area contributed by atoms with Crippen molar-refractivity contribution in [3.63, 3.8) is 0 Å². The molecule has 1 atom stereocenters. The van der Waals surface area contributed by atoms with Crippen LogP contribution in [0.1, 0.15) is 31.7 Å². The Morgan fingerprint density at radius 3 is 2.60 bits per heavy atom. The minimum absolute atomic E-state index is 0.568. The molecule has 0 aromatic heterocycles. The van der Waals surface area contributed by atoms with Crippen molar-refractivity contribution in [3.8, 4) is 0 Å². The van der Waals surface area contributed by atoms with Crippen LogP contribution >= 0.6 is 0 Å². The second kappa shape index (κ2) is 2.21. The Labute approximate surface area is 67.2 Å². The van der Waals surface area contributed by atoms with Crippen LogP contribution in [0.25, 0.3) is 0 Å². The van der Waals surface area contributed by atoms with Gasteiger partial charge >= 0.3 is 0 Å². The lowest BCUT2D eigenvalue weighted by molar-refractivity contribution is -0.103. The highest BCUT2D eigenvalue weighted by atomic mass is 16.5. The standard InChI is InChI=1S/C8H17NO/c1-7(2)8(3,4)10-6-5-9-7/h9H,5-6H2,1-4H3/i1D3. The Kier molecular flexibility index (Phi) is 1.04.